The van der Waals surface area contributed by atoms with E-state index in [-0.39, 0.29) is 0 Å². The summed E-state index contributed by atoms with van der Waals surface area (Å²) in [5, 5.41) is 3.55. The summed E-state index contributed by atoms with van der Waals surface area (Å²) < 4.78 is 4.54. The highest BCUT2D eigenvalue weighted by molar-refractivity contribution is 5.07. The molecule has 4 fully saturated rings. The molecule has 150 valence electrons. The van der Waals surface area contributed by atoms with Crippen LogP contribution in [0.4, 0.5) is 0 Å². The minimum Gasteiger partial charge on any atom is -0.385 e. The van der Waals surface area contributed by atoms with E-state index >= 15 is 0 Å². The molecule has 26 heavy (non-hydrogen) atoms. The maximum Gasteiger partial charge on any atom is 0.0433 e. The lowest BCUT2D eigenvalue weighted by Crippen LogP contribution is -2.45. The minimum absolute atomic E-state index is 0.723. The molecule has 0 heterocycles. The summed E-state index contributed by atoms with van der Waals surface area (Å²) in [5.74, 6) is 7.31. The molecule has 0 saturated heterocycles. The lowest BCUT2D eigenvalue weighted by atomic mass is 9.53. The van der Waals surface area contributed by atoms with Gasteiger partial charge in [0.15, 0.2) is 0 Å². The van der Waals surface area contributed by atoms with Gasteiger partial charge in [0, 0.05) is 19.8 Å². The average molecular weight is 362 g/mol. The van der Waals surface area contributed by atoms with Crippen molar-refractivity contribution in [2.45, 2.75) is 77.7 Å². The highest BCUT2D eigenvalue weighted by Gasteiger charge is 2.51. The standard InChI is InChI=1S/C21H35N.C3H8O/c1-13-4-6-17-15(12-13)5-7-20-19(17)11-10-18-16(14(2)22-3)8-9-21(18)20;1-3-4-2/h14-22H,1,4-12H2,2-3H3;3H2,1-2H3. The van der Waals surface area contributed by atoms with E-state index in [1.165, 1.54) is 44.9 Å². The van der Waals surface area contributed by atoms with Crippen molar-refractivity contribution >= 4 is 0 Å². The van der Waals surface area contributed by atoms with Crippen molar-refractivity contribution in [3.8, 4) is 0 Å². The maximum absolute atomic E-state index is 4.54. The fraction of sp³-hybridized carbons (Fsp3) is 0.917. The molecule has 4 aliphatic rings. The second-order valence-corrected chi connectivity index (χ2v) is 9.62. The number of hydrogen-bond acceptors (Lipinski definition) is 2. The number of allylic oxidation sites excluding steroid dienone is 1. The van der Waals surface area contributed by atoms with Gasteiger partial charge in [-0.15, -0.1) is 0 Å². The molecular formula is C24H43NO. The summed E-state index contributed by atoms with van der Waals surface area (Å²) in [6.07, 6.45) is 13.3. The third-order valence-corrected chi connectivity index (χ3v) is 8.66. The zero-order chi connectivity index (χ0) is 18.7. The summed E-state index contributed by atoms with van der Waals surface area (Å²) in [6, 6.07) is 0.723. The van der Waals surface area contributed by atoms with Gasteiger partial charge in [-0.25, -0.2) is 0 Å². The molecule has 4 saturated carbocycles. The summed E-state index contributed by atoms with van der Waals surface area (Å²) >= 11 is 0. The van der Waals surface area contributed by atoms with Crippen molar-refractivity contribution in [3.63, 3.8) is 0 Å². The Kier molecular flexibility index (Phi) is 7.25. The highest BCUT2D eigenvalue weighted by Crippen LogP contribution is 2.59. The Bertz CT molecular complexity index is 459. The van der Waals surface area contributed by atoms with Crippen LogP contribution in [0.1, 0.15) is 71.6 Å². The van der Waals surface area contributed by atoms with Crippen molar-refractivity contribution < 1.29 is 4.74 Å². The molecule has 8 atom stereocenters. The molecule has 4 aliphatic carbocycles. The number of nitrogens with one attached hydrogen (secondary N) is 1. The number of fused-ring (bicyclic) bond motifs is 5. The van der Waals surface area contributed by atoms with Gasteiger partial charge in [0.2, 0.25) is 0 Å². The Labute approximate surface area is 162 Å². The maximum atomic E-state index is 4.54. The van der Waals surface area contributed by atoms with Gasteiger partial charge in [-0.1, -0.05) is 12.2 Å². The Balaban J connectivity index is 0.000000447. The van der Waals surface area contributed by atoms with Crippen molar-refractivity contribution in [1.82, 2.24) is 5.32 Å². The van der Waals surface area contributed by atoms with Crippen LogP contribution in [-0.2, 0) is 4.74 Å². The molecule has 0 aromatic carbocycles. The molecule has 0 amide bonds. The van der Waals surface area contributed by atoms with Gasteiger partial charge < -0.3 is 10.1 Å². The van der Waals surface area contributed by atoms with E-state index in [4.69, 9.17) is 0 Å². The van der Waals surface area contributed by atoms with Gasteiger partial charge in [-0.05, 0) is 120 Å². The average Bonchev–Trinajstić information content (AvgIpc) is 3.11. The molecule has 0 radical (unpaired) electrons. The Hall–Kier alpha value is -0.340. The molecule has 0 aromatic rings. The zero-order valence-corrected chi connectivity index (χ0v) is 17.8. The Morgan fingerprint density at radius 3 is 2.23 bits per heavy atom. The fourth-order valence-electron chi connectivity index (χ4n) is 7.32. The summed E-state index contributed by atoms with van der Waals surface area (Å²) in [4.78, 5) is 0. The molecule has 0 spiro atoms. The van der Waals surface area contributed by atoms with Gasteiger partial charge in [0.1, 0.15) is 0 Å². The summed E-state index contributed by atoms with van der Waals surface area (Å²) in [7, 11) is 3.84. The predicted octanol–water partition coefficient (Wildman–Crippen LogP) is 5.68. The monoisotopic (exact) mass is 361 g/mol. The topological polar surface area (TPSA) is 21.3 Å². The Morgan fingerprint density at radius 2 is 1.54 bits per heavy atom. The normalized spacial score (nSPS) is 42.8. The SMILES string of the molecule is C=C1CCC2C(CCC3C2CCC2C(C(C)NC)CCC23)C1.CCOC. The molecule has 0 aromatic heterocycles. The number of hydrogen-bond donors (Lipinski definition) is 1. The Morgan fingerprint density at radius 1 is 0.962 bits per heavy atom. The molecule has 4 rings (SSSR count). The fourth-order valence-corrected chi connectivity index (χ4v) is 7.32. The molecule has 0 bridgehead atoms. The van der Waals surface area contributed by atoms with Crippen molar-refractivity contribution in [1.29, 1.82) is 0 Å². The quantitative estimate of drug-likeness (QED) is 0.653. The second-order valence-electron chi connectivity index (χ2n) is 9.62. The zero-order valence-electron chi connectivity index (χ0n) is 17.8. The minimum atomic E-state index is 0.723. The first-order valence-corrected chi connectivity index (χ1v) is 11.4. The van der Waals surface area contributed by atoms with Crippen LogP contribution in [0.2, 0.25) is 0 Å². The molecular weight excluding hydrogens is 318 g/mol. The van der Waals surface area contributed by atoms with Crippen LogP contribution >= 0.6 is 0 Å². The van der Waals surface area contributed by atoms with Gasteiger partial charge in [0.05, 0.1) is 0 Å². The number of methoxy groups -OCH3 is 1. The van der Waals surface area contributed by atoms with Gasteiger partial charge in [-0.3, -0.25) is 0 Å². The lowest BCUT2D eigenvalue weighted by Gasteiger charge is -2.52. The van der Waals surface area contributed by atoms with Crippen molar-refractivity contribution in [2.75, 3.05) is 20.8 Å². The van der Waals surface area contributed by atoms with Crippen LogP contribution in [0.25, 0.3) is 0 Å². The largest absolute Gasteiger partial charge is 0.385 e. The summed E-state index contributed by atoms with van der Waals surface area (Å²) in [5.41, 5.74) is 1.55. The van der Waals surface area contributed by atoms with Crippen LogP contribution in [0.5, 0.6) is 0 Å². The van der Waals surface area contributed by atoms with E-state index in [0.717, 1.165) is 54.1 Å². The molecule has 8 unspecified atom stereocenters. The van der Waals surface area contributed by atoms with E-state index in [1.807, 2.05) is 6.92 Å². The van der Waals surface area contributed by atoms with Gasteiger partial charge in [0.25, 0.3) is 0 Å². The van der Waals surface area contributed by atoms with E-state index < -0.39 is 0 Å². The van der Waals surface area contributed by atoms with Crippen molar-refractivity contribution in [2.24, 2.45) is 41.4 Å². The first kappa shape index (κ1) is 20.4. The first-order chi connectivity index (χ1) is 12.6. The second kappa shape index (κ2) is 9.24. The van der Waals surface area contributed by atoms with Crippen LogP contribution in [0, 0.1) is 41.4 Å². The first-order valence-electron chi connectivity index (χ1n) is 11.4. The molecule has 1 N–H and O–H groups in total. The van der Waals surface area contributed by atoms with E-state index in [9.17, 15) is 0 Å². The number of rotatable bonds is 3. The molecule has 2 heteroatoms. The lowest BCUT2D eigenvalue weighted by molar-refractivity contribution is -0.0195. The van der Waals surface area contributed by atoms with Crippen LogP contribution in [-0.4, -0.2) is 26.8 Å². The molecule has 0 aliphatic heterocycles. The predicted molar refractivity (Wildman–Crippen MR) is 111 cm³/mol. The molecule has 2 nitrogen and oxygen atoms in total. The third-order valence-electron chi connectivity index (χ3n) is 8.66. The number of ether oxygens (including phenoxy) is 1. The third kappa shape index (κ3) is 4.07. The van der Waals surface area contributed by atoms with Crippen LogP contribution in [0.15, 0.2) is 12.2 Å². The van der Waals surface area contributed by atoms with Crippen LogP contribution < -0.4 is 5.32 Å². The van der Waals surface area contributed by atoms with E-state index in [2.05, 4.69) is 30.6 Å². The summed E-state index contributed by atoms with van der Waals surface area (Å²) in [6.45, 7) is 9.49. The van der Waals surface area contributed by atoms with Gasteiger partial charge >= 0.3 is 0 Å². The van der Waals surface area contributed by atoms with E-state index in [1.54, 1.807) is 25.5 Å². The van der Waals surface area contributed by atoms with Gasteiger partial charge in [-0.2, -0.15) is 0 Å². The highest BCUT2D eigenvalue weighted by atomic mass is 16.5. The smallest absolute Gasteiger partial charge is 0.0433 e. The van der Waals surface area contributed by atoms with Crippen LogP contribution in [0.3, 0.4) is 0 Å². The van der Waals surface area contributed by atoms with Crippen molar-refractivity contribution in [3.05, 3.63) is 12.2 Å². The van der Waals surface area contributed by atoms with E-state index in [0.29, 0.717) is 0 Å².